The SMILES string of the molecule is NNC(/C1=C/CCCCCC1)c1ccc(F)c(Br)c1. The Hall–Kier alpha value is -0.710. The zero-order valence-electron chi connectivity index (χ0n) is 11.0. The summed E-state index contributed by atoms with van der Waals surface area (Å²) in [5.74, 6) is 5.47. The van der Waals surface area contributed by atoms with E-state index in [0.717, 1.165) is 18.4 Å². The van der Waals surface area contributed by atoms with Crippen LogP contribution in [0, 0.1) is 5.82 Å². The van der Waals surface area contributed by atoms with Crippen molar-refractivity contribution < 1.29 is 4.39 Å². The first-order valence-electron chi connectivity index (χ1n) is 6.82. The van der Waals surface area contributed by atoms with Crippen LogP contribution < -0.4 is 11.3 Å². The molecular formula is C15H20BrFN2. The number of allylic oxidation sites excluding steroid dienone is 1. The lowest BCUT2D eigenvalue weighted by Crippen LogP contribution is -2.29. The Morgan fingerprint density at radius 2 is 2.00 bits per heavy atom. The van der Waals surface area contributed by atoms with Gasteiger partial charge in [-0.1, -0.05) is 30.6 Å². The van der Waals surface area contributed by atoms with Gasteiger partial charge in [-0.3, -0.25) is 5.84 Å². The number of nitrogens with one attached hydrogen (secondary N) is 1. The second-order valence-electron chi connectivity index (χ2n) is 5.01. The van der Waals surface area contributed by atoms with Crippen LogP contribution in [0.15, 0.2) is 34.3 Å². The molecule has 0 radical (unpaired) electrons. The zero-order valence-corrected chi connectivity index (χ0v) is 12.5. The maximum Gasteiger partial charge on any atom is 0.137 e. The van der Waals surface area contributed by atoms with Crippen molar-refractivity contribution in [2.45, 2.75) is 44.6 Å². The molecule has 3 N–H and O–H groups in total. The Balaban J connectivity index is 2.24. The van der Waals surface area contributed by atoms with Gasteiger partial charge in [0, 0.05) is 0 Å². The van der Waals surface area contributed by atoms with E-state index in [2.05, 4.69) is 27.4 Å². The first-order valence-corrected chi connectivity index (χ1v) is 7.61. The fourth-order valence-electron chi connectivity index (χ4n) is 2.59. The number of halogens is 2. The Kier molecular flexibility index (Phi) is 5.55. The van der Waals surface area contributed by atoms with Gasteiger partial charge in [0.1, 0.15) is 5.82 Å². The third-order valence-electron chi connectivity index (χ3n) is 3.64. The molecule has 0 amide bonds. The summed E-state index contributed by atoms with van der Waals surface area (Å²) >= 11 is 3.23. The van der Waals surface area contributed by atoms with Gasteiger partial charge in [0.2, 0.25) is 0 Å². The molecule has 2 nitrogen and oxygen atoms in total. The van der Waals surface area contributed by atoms with Gasteiger partial charge in [0.25, 0.3) is 0 Å². The van der Waals surface area contributed by atoms with Crippen molar-refractivity contribution in [3.05, 3.63) is 45.7 Å². The topological polar surface area (TPSA) is 38.0 Å². The molecule has 0 aliphatic heterocycles. The van der Waals surface area contributed by atoms with E-state index in [4.69, 9.17) is 5.84 Å². The van der Waals surface area contributed by atoms with Gasteiger partial charge in [0.05, 0.1) is 10.5 Å². The van der Waals surface area contributed by atoms with Gasteiger partial charge in [0.15, 0.2) is 0 Å². The van der Waals surface area contributed by atoms with E-state index in [1.54, 1.807) is 12.1 Å². The number of hydrogen-bond donors (Lipinski definition) is 2. The van der Waals surface area contributed by atoms with E-state index >= 15 is 0 Å². The third-order valence-corrected chi connectivity index (χ3v) is 4.25. The van der Waals surface area contributed by atoms with Crippen LogP contribution in [-0.2, 0) is 0 Å². The quantitative estimate of drug-likeness (QED) is 0.491. The lowest BCUT2D eigenvalue weighted by molar-refractivity contribution is 0.553. The number of rotatable bonds is 3. The van der Waals surface area contributed by atoms with E-state index in [-0.39, 0.29) is 11.9 Å². The highest BCUT2D eigenvalue weighted by Crippen LogP contribution is 2.30. The summed E-state index contributed by atoms with van der Waals surface area (Å²) in [5, 5.41) is 0. The molecule has 1 unspecified atom stereocenters. The number of nitrogens with two attached hydrogens (primary N) is 1. The van der Waals surface area contributed by atoms with E-state index in [9.17, 15) is 4.39 Å². The maximum absolute atomic E-state index is 13.3. The third kappa shape index (κ3) is 3.88. The summed E-state index contributed by atoms with van der Waals surface area (Å²) in [6.07, 6.45) is 9.50. The molecule has 0 bridgehead atoms. The maximum atomic E-state index is 13.3. The Morgan fingerprint density at radius 3 is 2.74 bits per heavy atom. The molecule has 1 aromatic rings. The summed E-state index contributed by atoms with van der Waals surface area (Å²) in [4.78, 5) is 0. The highest BCUT2D eigenvalue weighted by atomic mass is 79.9. The summed E-state index contributed by atoms with van der Waals surface area (Å²) in [6, 6.07) is 5.06. The van der Waals surface area contributed by atoms with E-state index in [1.165, 1.54) is 37.3 Å². The number of hydrazine groups is 1. The number of hydrogen-bond acceptors (Lipinski definition) is 2. The molecule has 0 heterocycles. The molecule has 1 aliphatic carbocycles. The minimum atomic E-state index is -0.244. The van der Waals surface area contributed by atoms with Gasteiger partial charge in [-0.2, -0.15) is 0 Å². The molecule has 0 saturated heterocycles. The fraction of sp³-hybridized carbons (Fsp3) is 0.467. The second kappa shape index (κ2) is 7.17. The fourth-order valence-corrected chi connectivity index (χ4v) is 2.98. The lowest BCUT2D eigenvalue weighted by Gasteiger charge is -2.22. The van der Waals surface area contributed by atoms with Gasteiger partial charge >= 0.3 is 0 Å². The predicted octanol–water partition coefficient (Wildman–Crippen LogP) is 4.37. The van der Waals surface area contributed by atoms with Crippen molar-refractivity contribution in [3.63, 3.8) is 0 Å². The van der Waals surface area contributed by atoms with Crippen LogP contribution in [-0.4, -0.2) is 0 Å². The van der Waals surface area contributed by atoms with E-state index in [1.807, 2.05) is 0 Å². The number of benzene rings is 1. The predicted molar refractivity (Wildman–Crippen MR) is 79.9 cm³/mol. The highest BCUT2D eigenvalue weighted by molar-refractivity contribution is 9.10. The summed E-state index contributed by atoms with van der Waals surface area (Å²) in [7, 11) is 0. The lowest BCUT2D eigenvalue weighted by atomic mass is 9.91. The molecule has 0 fully saturated rings. The van der Waals surface area contributed by atoms with Crippen LogP contribution in [0.25, 0.3) is 0 Å². The molecule has 0 spiro atoms. The molecule has 1 aromatic carbocycles. The summed E-state index contributed by atoms with van der Waals surface area (Å²) in [6.45, 7) is 0. The Labute approximate surface area is 122 Å². The first kappa shape index (κ1) is 14.7. The van der Waals surface area contributed by atoms with Gasteiger partial charge in [-0.25, -0.2) is 9.82 Å². The smallest absolute Gasteiger partial charge is 0.137 e. The minimum Gasteiger partial charge on any atom is -0.271 e. The molecule has 1 aliphatic rings. The zero-order chi connectivity index (χ0) is 13.7. The normalized spacial score (nSPS) is 21.1. The molecule has 1 atom stereocenters. The van der Waals surface area contributed by atoms with Crippen molar-refractivity contribution >= 4 is 15.9 Å². The standard InChI is InChI=1S/C15H20BrFN2/c16-13-10-12(8-9-14(13)17)15(19-18)11-6-4-2-1-3-5-7-11/h6,8-10,15,19H,1-5,7,18H2/b11-6+. The molecule has 104 valence electrons. The monoisotopic (exact) mass is 326 g/mol. The molecular weight excluding hydrogens is 307 g/mol. The Bertz CT molecular complexity index is 459. The molecule has 2 rings (SSSR count). The van der Waals surface area contributed by atoms with Crippen LogP contribution in [0.5, 0.6) is 0 Å². The minimum absolute atomic E-state index is 0.0185. The van der Waals surface area contributed by atoms with Crippen molar-refractivity contribution in [3.8, 4) is 0 Å². The van der Waals surface area contributed by atoms with E-state index in [0.29, 0.717) is 4.47 Å². The second-order valence-corrected chi connectivity index (χ2v) is 5.86. The van der Waals surface area contributed by atoms with Crippen LogP contribution >= 0.6 is 15.9 Å². The van der Waals surface area contributed by atoms with E-state index < -0.39 is 0 Å². The average molecular weight is 327 g/mol. The van der Waals surface area contributed by atoms with Crippen molar-refractivity contribution in [1.82, 2.24) is 5.43 Å². The highest BCUT2D eigenvalue weighted by Gasteiger charge is 2.17. The van der Waals surface area contributed by atoms with Crippen LogP contribution in [0.1, 0.15) is 50.1 Å². The first-order chi connectivity index (χ1) is 9.22. The average Bonchev–Trinajstić information content (AvgIpc) is 2.36. The van der Waals surface area contributed by atoms with Crippen molar-refractivity contribution in [1.29, 1.82) is 0 Å². The molecule has 4 heteroatoms. The van der Waals surface area contributed by atoms with Crippen LogP contribution in [0.3, 0.4) is 0 Å². The van der Waals surface area contributed by atoms with Gasteiger partial charge < -0.3 is 0 Å². The van der Waals surface area contributed by atoms with Gasteiger partial charge in [-0.05, 0) is 59.3 Å². The Morgan fingerprint density at radius 1 is 1.21 bits per heavy atom. The largest absolute Gasteiger partial charge is 0.271 e. The molecule has 0 saturated carbocycles. The summed E-state index contributed by atoms with van der Waals surface area (Å²) in [5.41, 5.74) is 5.19. The summed E-state index contributed by atoms with van der Waals surface area (Å²) < 4.78 is 13.8. The van der Waals surface area contributed by atoms with Gasteiger partial charge in [-0.15, -0.1) is 0 Å². The molecule has 0 aromatic heterocycles. The van der Waals surface area contributed by atoms with Crippen LogP contribution in [0.4, 0.5) is 4.39 Å². The van der Waals surface area contributed by atoms with Crippen molar-refractivity contribution in [2.75, 3.05) is 0 Å². The molecule has 19 heavy (non-hydrogen) atoms. The van der Waals surface area contributed by atoms with Crippen molar-refractivity contribution in [2.24, 2.45) is 5.84 Å². The van der Waals surface area contributed by atoms with Crippen LogP contribution in [0.2, 0.25) is 0 Å².